The first-order chi connectivity index (χ1) is 11.2. The summed E-state index contributed by atoms with van der Waals surface area (Å²) < 4.78 is 0. The van der Waals surface area contributed by atoms with Gasteiger partial charge in [-0.3, -0.25) is 10.7 Å². The zero-order valence-electron chi connectivity index (χ0n) is 13.6. The molecule has 23 heavy (non-hydrogen) atoms. The van der Waals surface area contributed by atoms with Crippen LogP contribution in [0.5, 0.6) is 0 Å². The molecule has 1 aromatic carbocycles. The number of hydrogen-bond acceptors (Lipinski definition) is 4. The summed E-state index contributed by atoms with van der Waals surface area (Å²) in [6.07, 6.45) is 3.93. The van der Waals surface area contributed by atoms with Crippen LogP contribution in [-0.2, 0) is 0 Å². The number of fused-ring (bicyclic) bond motifs is 1. The number of likely N-dealkylation sites (tertiary alicyclic amines) is 1. The SMILES string of the molecule is Cc1nc(NC(=N)NCCN2CCCCC2)nc2ccccc12. The van der Waals surface area contributed by atoms with Gasteiger partial charge in [-0.15, -0.1) is 0 Å². The van der Waals surface area contributed by atoms with Crippen LogP contribution >= 0.6 is 0 Å². The molecule has 1 aliphatic rings. The highest BCUT2D eigenvalue weighted by Gasteiger charge is 2.10. The van der Waals surface area contributed by atoms with Crippen molar-refractivity contribution >= 4 is 22.8 Å². The highest BCUT2D eigenvalue weighted by Crippen LogP contribution is 2.16. The second kappa shape index (κ2) is 7.37. The molecule has 0 spiro atoms. The largest absolute Gasteiger partial charge is 0.355 e. The van der Waals surface area contributed by atoms with Crippen molar-refractivity contribution in [1.82, 2.24) is 20.2 Å². The van der Waals surface area contributed by atoms with Gasteiger partial charge in [0.25, 0.3) is 0 Å². The lowest BCUT2D eigenvalue weighted by Crippen LogP contribution is -2.39. The minimum absolute atomic E-state index is 0.247. The molecule has 1 fully saturated rings. The Labute approximate surface area is 136 Å². The maximum absolute atomic E-state index is 8.00. The molecule has 0 aliphatic carbocycles. The number of piperidine rings is 1. The minimum Gasteiger partial charge on any atom is -0.355 e. The summed E-state index contributed by atoms with van der Waals surface area (Å²) >= 11 is 0. The third-order valence-corrected chi connectivity index (χ3v) is 4.21. The highest BCUT2D eigenvalue weighted by molar-refractivity contribution is 5.91. The van der Waals surface area contributed by atoms with Crippen molar-refractivity contribution in [3.05, 3.63) is 30.0 Å². The van der Waals surface area contributed by atoms with E-state index in [1.165, 1.54) is 32.4 Å². The summed E-state index contributed by atoms with van der Waals surface area (Å²) in [5.74, 6) is 0.716. The number of anilines is 1. The summed E-state index contributed by atoms with van der Waals surface area (Å²) in [6.45, 7) is 6.05. The Morgan fingerprint density at radius 2 is 1.96 bits per heavy atom. The number of rotatable bonds is 4. The van der Waals surface area contributed by atoms with E-state index in [4.69, 9.17) is 5.41 Å². The van der Waals surface area contributed by atoms with Crippen molar-refractivity contribution in [3.8, 4) is 0 Å². The van der Waals surface area contributed by atoms with Gasteiger partial charge in [-0.25, -0.2) is 9.97 Å². The molecule has 6 nitrogen and oxygen atoms in total. The van der Waals surface area contributed by atoms with E-state index in [2.05, 4.69) is 25.5 Å². The van der Waals surface area contributed by atoms with Crippen LogP contribution in [0.1, 0.15) is 25.0 Å². The molecule has 0 atom stereocenters. The molecule has 122 valence electrons. The highest BCUT2D eigenvalue weighted by atomic mass is 15.2. The van der Waals surface area contributed by atoms with Crippen LogP contribution < -0.4 is 10.6 Å². The lowest BCUT2D eigenvalue weighted by atomic mass is 10.1. The first kappa shape index (κ1) is 15.7. The molecule has 1 aromatic heterocycles. The monoisotopic (exact) mass is 312 g/mol. The quantitative estimate of drug-likeness (QED) is 0.597. The Balaban J connectivity index is 1.53. The van der Waals surface area contributed by atoms with Crippen LogP contribution in [0.25, 0.3) is 10.9 Å². The number of para-hydroxylation sites is 1. The van der Waals surface area contributed by atoms with Crippen LogP contribution in [0.15, 0.2) is 24.3 Å². The van der Waals surface area contributed by atoms with Gasteiger partial charge in [0.05, 0.1) is 11.2 Å². The van der Waals surface area contributed by atoms with Crippen LogP contribution in [0.3, 0.4) is 0 Å². The van der Waals surface area contributed by atoms with E-state index in [9.17, 15) is 0 Å². The zero-order valence-corrected chi connectivity index (χ0v) is 13.6. The summed E-state index contributed by atoms with van der Waals surface area (Å²) in [5.41, 5.74) is 1.81. The molecule has 1 saturated heterocycles. The molecular formula is C17H24N6. The maximum atomic E-state index is 8.00. The fourth-order valence-corrected chi connectivity index (χ4v) is 2.97. The third kappa shape index (κ3) is 4.16. The van der Waals surface area contributed by atoms with Crippen LogP contribution in [0.4, 0.5) is 5.95 Å². The zero-order chi connectivity index (χ0) is 16.1. The van der Waals surface area contributed by atoms with Crippen molar-refractivity contribution in [2.24, 2.45) is 0 Å². The van der Waals surface area contributed by atoms with E-state index in [0.29, 0.717) is 5.95 Å². The van der Waals surface area contributed by atoms with Gasteiger partial charge < -0.3 is 10.2 Å². The number of hydrogen-bond donors (Lipinski definition) is 3. The normalized spacial score (nSPS) is 15.5. The number of nitrogens with one attached hydrogen (secondary N) is 3. The molecule has 6 heteroatoms. The van der Waals surface area contributed by atoms with E-state index >= 15 is 0 Å². The molecule has 2 heterocycles. The van der Waals surface area contributed by atoms with Gasteiger partial charge in [0.15, 0.2) is 5.96 Å². The van der Waals surface area contributed by atoms with Crippen molar-refractivity contribution in [3.63, 3.8) is 0 Å². The van der Waals surface area contributed by atoms with Gasteiger partial charge in [0, 0.05) is 18.5 Å². The maximum Gasteiger partial charge on any atom is 0.230 e. The Morgan fingerprint density at radius 1 is 1.17 bits per heavy atom. The lowest BCUT2D eigenvalue weighted by molar-refractivity contribution is 0.232. The van der Waals surface area contributed by atoms with E-state index in [0.717, 1.165) is 29.7 Å². The van der Waals surface area contributed by atoms with Gasteiger partial charge in [-0.2, -0.15) is 0 Å². The lowest BCUT2D eigenvalue weighted by Gasteiger charge is -2.26. The number of benzene rings is 1. The minimum atomic E-state index is 0.247. The van der Waals surface area contributed by atoms with Crippen molar-refractivity contribution in [2.45, 2.75) is 26.2 Å². The first-order valence-corrected chi connectivity index (χ1v) is 8.27. The molecule has 0 radical (unpaired) electrons. The fraction of sp³-hybridized carbons (Fsp3) is 0.471. The molecule has 3 rings (SSSR count). The third-order valence-electron chi connectivity index (χ3n) is 4.21. The number of guanidine groups is 1. The predicted octanol–water partition coefficient (Wildman–Crippen LogP) is 2.36. The van der Waals surface area contributed by atoms with E-state index < -0.39 is 0 Å². The fourth-order valence-electron chi connectivity index (χ4n) is 2.97. The Kier molecular flexibility index (Phi) is 5.02. The van der Waals surface area contributed by atoms with Gasteiger partial charge in [0.2, 0.25) is 5.95 Å². The Bertz CT molecular complexity index is 678. The number of nitrogens with zero attached hydrogens (tertiary/aromatic N) is 3. The number of aryl methyl sites for hydroxylation is 1. The van der Waals surface area contributed by atoms with E-state index in [1.807, 2.05) is 31.2 Å². The second-order valence-electron chi connectivity index (χ2n) is 5.98. The second-order valence-corrected chi connectivity index (χ2v) is 5.98. The number of aromatic nitrogens is 2. The van der Waals surface area contributed by atoms with Crippen LogP contribution in [-0.4, -0.2) is 47.0 Å². The predicted molar refractivity (Wildman–Crippen MR) is 93.9 cm³/mol. The smallest absolute Gasteiger partial charge is 0.230 e. The van der Waals surface area contributed by atoms with Gasteiger partial charge in [0.1, 0.15) is 0 Å². The summed E-state index contributed by atoms with van der Waals surface area (Å²) in [7, 11) is 0. The molecule has 0 amide bonds. The van der Waals surface area contributed by atoms with Gasteiger partial charge in [-0.05, 0) is 38.9 Å². The Hall–Kier alpha value is -2.21. The average Bonchev–Trinajstić information content (AvgIpc) is 2.56. The van der Waals surface area contributed by atoms with E-state index in [1.54, 1.807) is 0 Å². The standard InChI is InChI=1S/C17H24N6/c1-13-14-7-3-4-8-15(14)21-17(20-13)22-16(18)19-9-12-23-10-5-2-6-11-23/h3-4,7-8H,2,5-6,9-12H2,1H3,(H3,18,19,20,21,22). The van der Waals surface area contributed by atoms with Crippen LogP contribution in [0.2, 0.25) is 0 Å². The van der Waals surface area contributed by atoms with Crippen molar-refractivity contribution in [2.75, 3.05) is 31.5 Å². The topological polar surface area (TPSA) is 76.9 Å². The van der Waals surface area contributed by atoms with Crippen molar-refractivity contribution in [1.29, 1.82) is 5.41 Å². The summed E-state index contributed by atoms with van der Waals surface area (Å²) in [5, 5.41) is 15.1. The molecule has 1 aliphatic heterocycles. The summed E-state index contributed by atoms with van der Waals surface area (Å²) in [4.78, 5) is 11.3. The average molecular weight is 312 g/mol. The van der Waals surface area contributed by atoms with Gasteiger partial charge >= 0.3 is 0 Å². The molecule has 0 unspecified atom stereocenters. The first-order valence-electron chi connectivity index (χ1n) is 8.27. The van der Waals surface area contributed by atoms with Crippen molar-refractivity contribution < 1.29 is 0 Å². The molecule has 3 N–H and O–H groups in total. The Morgan fingerprint density at radius 3 is 2.78 bits per heavy atom. The van der Waals surface area contributed by atoms with E-state index in [-0.39, 0.29) is 5.96 Å². The molecule has 2 aromatic rings. The summed E-state index contributed by atoms with van der Waals surface area (Å²) in [6, 6.07) is 7.91. The molecule has 0 saturated carbocycles. The molecular weight excluding hydrogens is 288 g/mol. The van der Waals surface area contributed by atoms with Gasteiger partial charge in [-0.1, -0.05) is 24.6 Å². The molecule has 0 bridgehead atoms. The van der Waals surface area contributed by atoms with Crippen LogP contribution in [0, 0.1) is 12.3 Å².